The van der Waals surface area contributed by atoms with Crippen molar-refractivity contribution < 1.29 is 19.1 Å². The molecule has 4 aromatic carbocycles. The van der Waals surface area contributed by atoms with E-state index in [0.717, 1.165) is 39.0 Å². The van der Waals surface area contributed by atoms with Gasteiger partial charge in [0.1, 0.15) is 17.4 Å². The summed E-state index contributed by atoms with van der Waals surface area (Å²) >= 11 is 0. The lowest BCUT2D eigenvalue weighted by atomic mass is 9.96. The average Bonchev–Trinajstić information content (AvgIpc) is 3.30. The zero-order valence-electron chi connectivity index (χ0n) is 22.3. The van der Waals surface area contributed by atoms with Gasteiger partial charge in [-0.3, -0.25) is 4.79 Å². The Kier molecular flexibility index (Phi) is 7.33. The zero-order valence-corrected chi connectivity index (χ0v) is 22.3. The summed E-state index contributed by atoms with van der Waals surface area (Å²) in [4.78, 5) is 25.9. The number of hydrogen-bond donors (Lipinski definition) is 1. The van der Waals surface area contributed by atoms with Gasteiger partial charge in [-0.05, 0) is 46.4 Å². The van der Waals surface area contributed by atoms with Crippen molar-refractivity contribution in [3.8, 4) is 22.3 Å². The Morgan fingerprint density at radius 2 is 1.33 bits per heavy atom. The molecule has 1 N–H and O–H groups in total. The molecule has 5 nitrogen and oxygen atoms in total. The number of benzene rings is 4. The van der Waals surface area contributed by atoms with Crippen molar-refractivity contribution in [2.75, 3.05) is 7.05 Å². The minimum atomic E-state index is -1.00. The number of carboxylic acids is 1. The standard InChI is InChI=1S/C34H31NO4/c1-22(2)32(34(37)38)35(3)33(36)27-19-15-25(16-20-27)24-13-17-26(18-14-24)31-28-11-7-8-12-29(28)39-30(31)21-23-9-5-4-6-10-23/h4-20,22,32H,21H2,1-3H3,(H,37,38)/t32-/m0/s1. The van der Waals surface area contributed by atoms with Gasteiger partial charge in [0.15, 0.2) is 0 Å². The quantitative estimate of drug-likeness (QED) is 0.231. The van der Waals surface area contributed by atoms with Crippen molar-refractivity contribution in [2.45, 2.75) is 26.3 Å². The molecule has 0 radical (unpaired) electrons. The fourth-order valence-corrected chi connectivity index (χ4v) is 5.18. The molecule has 0 saturated heterocycles. The fourth-order valence-electron chi connectivity index (χ4n) is 5.18. The van der Waals surface area contributed by atoms with Crippen molar-refractivity contribution in [1.29, 1.82) is 0 Å². The van der Waals surface area contributed by atoms with E-state index in [0.29, 0.717) is 12.0 Å². The molecule has 196 valence electrons. The molecule has 0 saturated carbocycles. The topological polar surface area (TPSA) is 70.8 Å². The van der Waals surface area contributed by atoms with Crippen molar-refractivity contribution >= 4 is 22.8 Å². The van der Waals surface area contributed by atoms with E-state index in [1.54, 1.807) is 33.0 Å². The second-order valence-corrected chi connectivity index (χ2v) is 10.2. The molecule has 0 aliphatic heterocycles. The first-order valence-electron chi connectivity index (χ1n) is 13.1. The van der Waals surface area contributed by atoms with Crippen LogP contribution in [0.15, 0.2) is 108 Å². The average molecular weight is 518 g/mol. The first-order valence-corrected chi connectivity index (χ1v) is 13.1. The number of aliphatic carboxylic acids is 1. The van der Waals surface area contributed by atoms with Crippen LogP contribution in [0.1, 0.15) is 35.5 Å². The lowest BCUT2D eigenvalue weighted by Crippen LogP contribution is -2.45. The van der Waals surface area contributed by atoms with Gasteiger partial charge in [-0.15, -0.1) is 0 Å². The van der Waals surface area contributed by atoms with Gasteiger partial charge in [0.25, 0.3) is 5.91 Å². The third-order valence-electron chi connectivity index (χ3n) is 7.14. The molecule has 1 atom stereocenters. The van der Waals surface area contributed by atoms with E-state index in [9.17, 15) is 14.7 Å². The Labute approximate surface area is 228 Å². The highest BCUT2D eigenvalue weighted by molar-refractivity contribution is 5.97. The number of carboxylic acid groups (broad SMARTS) is 1. The summed E-state index contributed by atoms with van der Waals surface area (Å²) in [5.74, 6) is -0.580. The molecule has 5 aromatic rings. The summed E-state index contributed by atoms with van der Waals surface area (Å²) in [7, 11) is 1.54. The monoisotopic (exact) mass is 517 g/mol. The molecule has 5 heteroatoms. The molecule has 1 heterocycles. The predicted molar refractivity (Wildman–Crippen MR) is 155 cm³/mol. The molecule has 0 unspecified atom stereocenters. The van der Waals surface area contributed by atoms with Gasteiger partial charge in [-0.25, -0.2) is 4.79 Å². The number of likely N-dealkylation sites (N-methyl/N-ethyl adjacent to an activating group) is 1. The van der Waals surface area contributed by atoms with Crippen LogP contribution in [-0.4, -0.2) is 35.0 Å². The van der Waals surface area contributed by atoms with E-state index >= 15 is 0 Å². The molecule has 0 bridgehead atoms. The number of amides is 1. The van der Waals surface area contributed by atoms with Crippen molar-refractivity contribution in [1.82, 2.24) is 4.90 Å². The van der Waals surface area contributed by atoms with Crippen LogP contribution in [-0.2, 0) is 11.2 Å². The molecule has 0 spiro atoms. The smallest absolute Gasteiger partial charge is 0.326 e. The van der Waals surface area contributed by atoms with Crippen LogP contribution >= 0.6 is 0 Å². The molecular weight excluding hydrogens is 486 g/mol. The molecule has 0 fully saturated rings. The molecule has 0 aliphatic rings. The number of carbonyl (C=O) groups excluding carboxylic acids is 1. The number of para-hydroxylation sites is 1. The fraction of sp³-hybridized carbons (Fsp3) is 0.176. The van der Waals surface area contributed by atoms with Crippen LogP contribution in [0.2, 0.25) is 0 Å². The number of rotatable bonds is 8. The minimum absolute atomic E-state index is 0.199. The Morgan fingerprint density at radius 3 is 1.95 bits per heavy atom. The minimum Gasteiger partial charge on any atom is -0.480 e. The molecule has 0 aliphatic carbocycles. The first-order chi connectivity index (χ1) is 18.8. The van der Waals surface area contributed by atoms with Crippen LogP contribution < -0.4 is 0 Å². The summed E-state index contributed by atoms with van der Waals surface area (Å²) in [6.07, 6.45) is 0.704. The van der Waals surface area contributed by atoms with E-state index in [2.05, 4.69) is 42.5 Å². The lowest BCUT2D eigenvalue weighted by molar-refractivity contribution is -0.143. The van der Waals surface area contributed by atoms with E-state index in [4.69, 9.17) is 4.42 Å². The molecular formula is C34H31NO4. The summed E-state index contributed by atoms with van der Waals surface area (Å²) in [5, 5.41) is 10.6. The summed E-state index contributed by atoms with van der Waals surface area (Å²) in [5.41, 5.74) is 6.70. The SMILES string of the molecule is CC(C)[C@@H](C(=O)O)N(C)C(=O)c1ccc(-c2ccc(-c3c(Cc4ccccc4)oc4ccccc34)cc2)cc1. The van der Waals surface area contributed by atoms with Crippen LogP contribution in [0.5, 0.6) is 0 Å². The number of fused-ring (bicyclic) bond motifs is 1. The second-order valence-electron chi connectivity index (χ2n) is 10.2. The molecule has 5 rings (SSSR count). The second kappa shape index (κ2) is 11.0. The van der Waals surface area contributed by atoms with Crippen molar-refractivity contribution in [3.63, 3.8) is 0 Å². The first kappa shape index (κ1) is 26.0. The Bertz CT molecular complexity index is 1600. The normalized spacial score (nSPS) is 12.0. The maximum atomic E-state index is 12.9. The van der Waals surface area contributed by atoms with E-state index in [1.165, 1.54) is 10.5 Å². The number of nitrogens with zero attached hydrogens (tertiary/aromatic N) is 1. The van der Waals surface area contributed by atoms with Crippen molar-refractivity contribution in [2.24, 2.45) is 5.92 Å². The summed E-state index contributed by atoms with van der Waals surface area (Å²) < 4.78 is 6.30. The van der Waals surface area contributed by atoms with Crippen LogP contribution in [0.25, 0.3) is 33.2 Å². The van der Waals surface area contributed by atoms with Gasteiger partial charge < -0.3 is 14.4 Å². The van der Waals surface area contributed by atoms with E-state index in [-0.39, 0.29) is 11.8 Å². The van der Waals surface area contributed by atoms with Crippen LogP contribution in [0, 0.1) is 5.92 Å². The summed E-state index contributed by atoms with van der Waals surface area (Å²) in [6, 6.07) is 33.2. The van der Waals surface area contributed by atoms with Gasteiger partial charge in [0.05, 0.1) is 0 Å². The van der Waals surface area contributed by atoms with Crippen LogP contribution in [0.4, 0.5) is 0 Å². The van der Waals surface area contributed by atoms with Crippen molar-refractivity contribution in [3.05, 3.63) is 120 Å². The van der Waals surface area contributed by atoms with Gasteiger partial charge in [-0.2, -0.15) is 0 Å². The molecule has 39 heavy (non-hydrogen) atoms. The highest BCUT2D eigenvalue weighted by atomic mass is 16.4. The zero-order chi connectivity index (χ0) is 27.5. The Morgan fingerprint density at radius 1 is 0.769 bits per heavy atom. The Hall–Kier alpha value is -4.64. The van der Waals surface area contributed by atoms with Gasteiger partial charge >= 0.3 is 5.97 Å². The predicted octanol–water partition coefficient (Wildman–Crippen LogP) is 7.54. The molecule has 1 aromatic heterocycles. The van der Waals surface area contributed by atoms with E-state index in [1.807, 2.05) is 48.5 Å². The maximum Gasteiger partial charge on any atom is 0.326 e. The van der Waals surface area contributed by atoms with Gasteiger partial charge in [0.2, 0.25) is 0 Å². The highest BCUT2D eigenvalue weighted by Crippen LogP contribution is 2.37. The number of carbonyl (C=O) groups is 2. The largest absolute Gasteiger partial charge is 0.480 e. The number of furan rings is 1. The third-order valence-corrected chi connectivity index (χ3v) is 7.14. The van der Waals surface area contributed by atoms with Gasteiger partial charge in [-0.1, -0.05) is 98.8 Å². The van der Waals surface area contributed by atoms with E-state index < -0.39 is 12.0 Å². The number of hydrogen-bond acceptors (Lipinski definition) is 3. The Balaban J connectivity index is 1.41. The molecule has 1 amide bonds. The lowest BCUT2D eigenvalue weighted by Gasteiger charge is -2.27. The highest BCUT2D eigenvalue weighted by Gasteiger charge is 2.30. The summed E-state index contributed by atoms with van der Waals surface area (Å²) in [6.45, 7) is 3.60. The van der Waals surface area contributed by atoms with Gasteiger partial charge in [0, 0.05) is 30.0 Å². The third kappa shape index (κ3) is 5.34. The maximum absolute atomic E-state index is 12.9. The van der Waals surface area contributed by atoms with Crippen LogP contribution in [0.3, 0.4) is 0 Å².